The second-order valence-electron chi connectivity index (χ2n) is 9.48. The molecule has 0 aliphatic heterocycles. The monoisotopic (exact) mass is 686 g/mol. The second-order valence-corrected chi connectivity index (χ2v) is 13.5. The van der Waals surface area contributed by atoms with Crippen molar-refractivity contribution in [2.75, 3.05) is 0 Å². The van der Waals surface area contributed by atoms with E-state index in [1.54, 1.807) is 0 Å². The van der Waals surface area contributed by atoms with Gasteiger partial charge in [-0.15, -0.1) is 69.1 Å². The molecule has 2 nitrogen and oxygen atoms in total. The minimum atomic E-state index is -0.630. The van der Waals surface area contributed by atoms with Crippen LogP contribution in [0.4, 0.5) is 0 Å². The molecule has 0 spiro atoms. The van der Waals surface area contributed by atoms with E-state index in [9.17, 15) is 0 Å². The first-order valence-corrected chi connectivity index (χ1v) is 17.8. The van der Waals surface area contributed by atoms with Gasteiger partial charge in [0.15, 0.2) is 0 Å². The van der Waals surface area contributed by atoms with Gasteiger partial charge in [0, 0.05) is 0 Å². The SMILES string of the molecule is C[Si](C)[NH-].C[Si](C)[NH-].[Gd+2].c1ccc(-c2cc3ccccc3[cH-]2)cc1.c1ccc(-c2cc3ccccc3[cH-]2)cc1. The first kappa shape index (κ1) is 33.0. The summed E-state index contributed by atoms with van der Waals surface area (Å²) < 4.78 is 0. The van der Waals surface area contributed by atoms with Crippen LogP contribution in [-0.4, -0.2) is 17.9 Å². The summed E-state index contributed by atoms with van der Waals surface area (Å²) in [7, 11) is -1.26. The molecule has 0 aromatic heterocycles. The summed E-state index contributed by atoms with van der Waals surface area (Å²) in [6, 6.07) is 46.9. The quantitative estimate of drug-likeness (QED) is 0.129. The summed E-state index contributed by atoms with van der Waals surface area (Å²) in [4.78, 5) is 0. The largest absolute Gasteiger partial charge is 2.00 e. The third-order valence-corrected chi connectivity index (χ3v) is 5.45. The first-order valence-electron chi connectivity index (χ1n) is 12.8. The molecule has 39 heavy (non-hydrogen) atoms. The summed E-state index contributed by atoms with van der Waals surface area (Å²) in [6.45, 7) is 7.74. The zero-order chi connectivity index (χ0) is 27.3. The molecule has 0 bridgehead atoms. The normalized spacial score (nSPS) is 10.1. The fourth-order valence-corrected chi connectivity index (χ4v) is 3.90. The Morgan fingerprint density at radius 2 is 0.744 bits per heavy atom. The van der Waals surface area contributed by atoms with Gasteiger partial charge in [-0.1, -0.05) is 152 Å². The molecule has 6 aromatic carbocycles. The molecule has 0 fully saturated rings. The molecule has 200 valence electrons. The molecule has 0 aliphatic rings. The molecular formula is C34H36GdN2Si2-2. The molecule has 0 aliphatic carbocycles. The van der Waals surface area contributed by atoms with Gasteiger partial charge >= 0.3 is 39.9 Å². The van der Waals surface area contributed by atoms with E-state index in [-0.39, 0.29) is 39.9 Å². The van der Waals surface area contributed by atoms with Crippen molar-refractivity contribution < 1.29 is 39.9 Å². The van der Waals surface area contributed by atoms with Gasteiger partial charge in [0.05, 0.1) is 0 Å². The molecule has 6 aromatic rings. The van der Waals surface area contributed by atoms with Crippen molar-refractivity contribution in [2.24, 2.45) is 0 Å². The van der Waals surface area contributed by atoms with Crippen molar-refractivity contribution in [3.8, 4) is 22.3 Å². The van der Waals surface area contributed by atoms with E-state index in [2.05, 4.69) is 121 Å². The van der Waals surface area contributed by atoms with Crippen LogP contribution >= 0.6 is 0 Å². The van der Waals surface area contributed by atoms with Gasteiger partial charge in [-0.3, -0.25) is 0 Å². The third-order valence-electron chi connectivity index (χ3n) is 5.45. The van der Waals surface area contributed by atoms with Crippen molar-refractivity contribution in [2.45, 2.75) is 26.2 Å². The van der Waals surface area contributed by atoms with E-state index in [0.717, 1.165) is 0 Å². The molecule has 0 unspecified atom stereocenters. The van der Waals surface area contributed by atoms with Crippen LogP contribution in [0, 0.1) is 39.9 Å². The van der Waals surface area contributed by atoms with E-state index < -0.39 is 17.9 Å². The average Bonchev–Trinajstić information content (AvgIpc) is 3.54. The maximum atomic E-state index is 6.69. The summed E-state index contributed by atoms with van der Waals surface area (Å²) in [5.74, 6) is 0. The van der Waals surface area contributed by atoms with E-state index in [4.69, 9.17) is 10.8 Å². The van der Waals surface area contributed by atoms with Crippen molar-refractivity contribution in [3.05, 3.63) is 144 Å². The van der Waals surface area contributed by atoms with Gasteiger partial charge in [-0.25, -0.2) is 0 Å². The fraction of sp³-hybridized carbons (Fsp3) is 0.118. The first-order chi connectivity index (χ1) is 18.3. The summed E-state index contributed by atoms with van der Waals surface area (Å²) in [5.41, 5.74) is 5.18. The van der Waals surface area contributed by atoms with Gasteiger partial charge in [-0.2, -0.15) is 0 Å². The molecular weight excluding hydrogens is 650 g/mol. The predicted molar refractivity (Wildman–Crippen MR) is 174 cm³/mol. The van der Waals surface area contributed by atoms with Gasteiger partial charge in [0.1, 0.15) is 0 Å². The Balaban J connectivity index is 0.000000212. The van der Waals surface area contributed by atoms with Crippen LogP contribution in [0.2, 0.25) is 26.2 Å². The topological polar surface area (TPSA) is 47.6 Å². The molecule has 2 radical (unpaired) electrons. The Morgan fingerprint density at radius 3 is 1.05 bits per heavy atom. The molecule has 0 heterocycles. The zero-order valence-corrected chi connectivity index (χ0v) is 27.3. The standard InChI is InChI=1S/2C15H11.2C2H7NSi.Gd/c2*1-2-6-12(7-3-1)15-10-13-8-4-5-9-14(13)11-15;2*1-4(2)3;/h2*1-11H;2*3H,1-2H3;/q4*-1;+2. The van der Waals surface area contributed by atoms with Crippen LogP contribution < -0.4 is 0 Å². The molecule has 5 heteroatoms. The van der Waals surface area contributed by atoms with Crippen molar-refractivity contribution in [1.82, 2.24) is 0 Å². The Morgan fingerprint density at radius 1 is 0.462 bits per heavy atom. The van der Waals surface area contributed by atoms with Gasteiger partial charge in [-0.05, 0) is 0 Å². The maximum absolute atomic E-state index is 6.69. The fourth-order valence-electron chi connectivity index (χ4n) is 3.90. The zero-order valence-electron chi connectivity index (χ0n) is 23.1. The molecule has 2 N–H and O–H groups in total. The van der Waals surface area contributed by atoms with Gasteiger partial charge in [0.25, 0.3) is 0 Å². The van der Waals surface area contributed by atoms with Crippen LogP contribution in [0.25, 0.3) is 54.6 Å². The maximum Gasteiger partial charge on any atom is 2.00 e. The minimum absolute atomic E-state index is 0. The van der Waals surface area contributed by atoms with Crippen LogP contribution in [-0.2, 0) is 0 Å². The van der Waals surface area contributed by atoms with Crippen LogP contribution in [0.15, 0.2) is 133 Å². The Kier molecular flexibility index (Phi) is 14.8. The number of nitrogens with one attached hydrogen (secondary N) is 2. The van der Waals surface area contributed by atoms with Crippen LogP contribution in [0.5, 0.6) is 0 Å². The van der Waals surface area contributed by atoms with Gasteiger partial charge in [0.2, 0.25) is 0 Å². The molecule has 0 amide bonds. The third kappa shape index (κ3) is 11.4. The number of rotatable bonds is 2. The van der Waals surface area contributed by atoms with Crippen molar-refractivity contribution in [1.29, 1.82) is 0 Å². The van der Waals surface area contributed by atoms with E-state index >= 15 is 0 Å². The summed E-state index contributed by atoms with van der Waals surface area (Å²) in [6.07, 6.45) is 0. The number of fused-ring (bicyclic) bond motifs is 2. The Labute approximate surface area is 269 Å². The van der Waals surface area contributed by atoms with E-state index in [1.165, 1.54) is 43.8 Å². The number of benzene rings is 4. The van der Waals surface area contributed by atoms with Crippen molar-refractivity contribution >= 4 is 39.5 Å². The van der Waals surface area contributed by atoms with E-state index in [1.807, 2.05) is 38.3 Å². The number of hydrogen-bond donors (Lipinski definition) is 0. The number of hydrogen-bond acceptors (Lipinski definition) is 0. The molecule has 0 saturated carbocycles. The molecule has 0 saturated heterocycles. The summed E-state index contributed by atoms with van der Waals surface area (Å²) in [5, 5.41) is 18.6. The Hall–Kier alpha value is -2.22. The molecule has 0 atom stereocenters. The van der Waals surface area contributed by atoms with Gasteiger partial charge < -0.3 is 10.8 Å². The predicted octanol–water partition coefficient (Wildman–Crippen LogP) is 11.0. The Bertz CT molecular complexity index is 1300. The minimum Gasteiger partial charge on any atom is -0.683 e. The summed E-state index contributed by atoms with van der Waals surface area (Å²) >= 11 is 0. The van der Waals surface area contributed by atoms with E-state index in [0.29, 0.717) is 0 Å². The molecule has 6 rings (SSSR count). The van der Waals surface area contributed by atoms with Crippen LogP contribution in [0.1, 0.15) is 0 Å². The smallest absolute Gasteiger partial charge is 0.683 e. The van der Waals surface area contributed by atoms with Crippen molar-refractivity contribution in [3.63, 3.8) is 0 Å². The second kappa shape index (κ2) is 17.5. The average molecular weight is 686 g/mol. The van der Waals surface area contributed by atoms with Crippen LogP contribution in [0.3, 0.4) is 0 Å².